The van der Waals surface area contributed by atoms with Gasteiger partial charge in [-0.25, -0.2) is 4.98 Å². The zero-order valence-electron chi connectivity index (χ0n) is 18.5. The van der Waals surface area contributed by atoms with E-state index in [0.717, 1.165) is 53.5 Å². The maximum atomic E-state index is 13.3. The first-order valence-corrected chi connectivity index (χ1v) is 11.6. The van der Waals surface area contributed by atoms with Gasteiger partial charge in [0.15, 0.2) is 5.65 Å². The first kappa shape index (κ1) is 20.7. The summed E-state index contributed by atoms with van der Waals surface area (Å²) in [7, 11) is 4.01. The predicted molar refractivity (Wildman–Crippen MR) is 131 cm³/mol. The Kier molecular flexibility index (Phi) is 5.40. The van der Waals surface area contributed by atoms with Gasteiger partial charge in [-0.05, 0) is 55.7 Å². The van der Waals surface area contributed by atoms with Crippen LogP contribution in [0.2, 0.25) is 0 Å². The number of piperazine rings is 1. The molecular formula is C24H26N6OS. The quantitative estimate of drug-likeness (QED) is 0.513. The van der Waals surface area contributed by atoms with Crippen LogP contribution < -0.4 is 10.2 Å². The topological polar surface area (TPSA) is 66.3 Å². The average molecular weight is 447 g/mol. The van der Waals surface area contributed by atoms with E-state index >= 15 is 0 Å². The molecule has 164 valence electrons. The molecule has 1 N–H and O–H groups in total. The van der Waals surface area contributed by atoms with Gasteiger partial charge in [0.25, 0.3) is 5.91 Å². The molecular weight excluding hydrogens is 420 g/mol. The number of likely N-dealkylation sites (N-methyl/N-ethyl adjacent to an activating group) is 1. The molecule has 5 rings (SSSR count). The van der Waals surface area contributed by atoms with E-state index in [-0.39, 0.29) is 5.91 Å². The summed E-state index contributed by atoms with van der Waals surface area (Å²) in [6.45, 7) is 6.07. The van der Waals surface area contributed by atoms with Crippen LogP contribution in [0.25, 0.3) is 21.6 Å². The number of pyridine rings is 1. The fourth-order valence-electron chi connectivity index (χ4n) is 4.19. The van der Waals surface area contributed by atoms with E-state index in [1.165, 1.54) is 5.69 Å². The van der Waals surface area contributed by atoms with Crippen molar-refractivity contribution in [2.75, 3.05) is 43.4 Å². The molecule has 0 atom stereocenters. The summed E-state index contributed by atoms with van der Waals surface area (Å²) >= 11 is 1.61. The summed E-state index contributed by atoms with van der Waals surface area (Å²) in [5.74, 6) is -0.154. The summed E-state index contributed by atoms with van der Waals surface area (Å²) < 4.78 is 1.74. The number of benzene rings is 1. The van der Waals surface area contributed by atoms with Gasteiger partial charge in [-0.3, -0.25) is 9.48 Å². The fourth-order valence-corrected chi connectivity index (χ4v) is 4.88. The van der Waals surface area contributed by atoms with E-state index in [4.69, 9.17) is 4.98 Å². The number of aryl methyl sites for hydroxylation is 2. The van der Waals surface area contributed by atoms with Gasteiger partial charge in [0, 0.05) is 44.6 Å². The lowest BCUT2D eigenvalue weighted by Crippen LogP contribution is -2.44. The second-order valence-electron chi connectivity index (χ2n) is 8.23. The summed E-state index contributed by atoms with van der Waals surface area (Å²) in [6, 6.07) is 14.0. The zero-order valence-corrected chi connectivity index (χ0v) is 19.3. The lowest BCUT2D eigenvalue weighted by Gasteiger charge is -2.34. The normalized spacial score (nSPS) is 14.8. The maximum Gasteiger partial charge on any atom is 0.256 e. The molecule has 32 heavy (non-hydrogen) atoms. The van der Waals surface area contributed by atoms with E-state index < -0.39 is 0 Å². The van der Waals surface area contributed by atoms with Crippen molar-refractivity contribution in [2.24, 2.45) is 7.05 Å². The highest BCUT2D eigenvalue weighted by molar-refractivity contribution is 7.13. The van der Waals surface area contributed by atoms with Crippen LogP contribution in [-0.4, -0.2) is 58.8 Å². The smallest absolute Gasteiger partial charge is 0.256 e. The second-order valence-corrected chi connectivity index (χ2v) is 9.18. The van der Waals surface area contributed by atoms with Gasteiger partial charge in [-0.1, -0.05) is 6.07 Å². The lowest BCUT2D eigenvalue weighted by molar-refractivity contribution is 0.102. The fraction of sp³-hybridized carbons (Fsp3) is 0.292. The van der Waals surface area contributed by atoms with Gasteiger partial charge in [-0.2, -0.15) is 5.10 Å². The van der Waals surface area contributed by atoms with Crippen LogP contribution in [0, 0.1) is 6.92 Å². The molecule has 1 aromatic carbocycles. The molecule has 8 heteroatoms. The molecule has 1 aliphatic heterocycles. The number of aromatic nitrogens is 3. The van der Waals surface area contributed by atoms with Crippen molar-refractivity contribution < 1.29 is 4.79 Å². The highest BCUT2D eigenvalue weighted by atomic mass is 32.1. The van der Waals surface area contributed by atoms with E-state index in [2.05, 4.69) is 39.4 Å². The Morgan fingerprint density at radius 2 is 1.81 bits per heavy atom. The third kappa shape index (κ3) is 3.87. The summed E-state index contributed by atoms with van der Waals surface area (Å²) in [4.78, 5) is 23.9. The lowest BCUT2D eigenvalue weighted by atomic mass is 10.1. The second kappa shape index (κ2) is 8.37. The van der Waals surface area contributed by atoms with Crippen molar-refractivity contribution in [3.8, 4) is 10.6 Å². The average Bonchev–Trinajstić information content (AvgIpc) is 3.43. The van der Waals surface area contributed by atoms with Crippen LogP contribution in [0.3, 0.4) is 0 Å². The van der Waals surface area contributed by atoms with Gasteiger partial charge in [0.2, 0.25) is 0 Å². The SMILES string of the molecule is Cc1nn(C)c2nc(-c3cccs3)cc(C(=O)Nc3ccc(N4CCN(C)CC4)cc3)c12. The minimum absolute atomic E-state index is 0.154. The number of anilines is 2. The highest BCUT2D eigenvalue weighted by Gasteiger charge is 2.20. The third-order valence-corrected chi connectivity index (χ3v) is 6.87. The Bertz CT molecular complexity index is 1250. The van der Waals surface area contributed by atoms with Crippen LogP contribution in [0.1, 0.15) is 16.1 Å². The van der Waals surface area contributed by atoms with E-state index in [0.29, 0.717) is 11.2 Å². The number of nitrogens with one attached hydrogen (secondary N) is 1. The number of fused-ring (bicyclic) bond motifs is 1. The van der Waals surface area contributed by atoms with Crippen LogP contribution >= 0.6 is 11.3 Å². The van der Waals surface area contributed by atoms with Gasteiger partial charge in [0.05, 0.1) is 27.2 Å². The molecule has 0 bridgehead atoms. The molecule has 0 saturated carbocycles. The van der Waals surface area contributed by atoms with E-state index in [1.54, 1.807) is 16.0 Å². The largest absolute Gasteiger partial charge is 0.369 e. The Morgan fingerprint density at radius 1 is 1.06 bits per heavy atom. The van der Waals surface area contributed by atoms with Crippen LogP contribution in [0.5, 0.6) is 0 Å². The van der Waals surface area contributed by atoms with Crippen molar-refractivity contribution in [3.05, 3.63) is 59.1 Å². The van der Waals surface area contributed by atoms with Gasteiger partial charge >= 0.3 is 0 Å². The molecule has 0 spiro atoms. The van der Waals surface area contributed by atoms with Crippen molar-refractivity contribution in [3.63, 3.8) is 0 Å². The van der Waals surface area contributed by atoms with Crippen LogP contribution in [0.15, 0.2) is 47.8 Å². The Hall–Kier alpha value is -3.23. The Morgan fingerprint density at radius 3 is 2.50 bits per heavy atom. The number of rotatable bonds is 4. The summed E-state index contributed by atoms with van der Waals surface area (Å²) in [5, 5.41) is 10.4. The first-order chi connectivity index (χ1) is 15.5. The highest BCUT2D eigenvalue weighted by Crippen LogP contribution is 2.30. The molecule has 1 fully saturated rings. The number of carbonyl (C=O) groups excluding carboxylic acids is 1. The van der Waals surface area contributed by atoms with Crippen molar-refractivity contribution in [1.82, 2.24) is 19.7 Å². The Labute approximate surface area is 191 Å². The van der Waals surface area contributed by atoms with Gasteiger partial charge in [-0.15, -0.1) is 11.3 Å². The molecule has 1 amide bonds. The maximum absolute atomic E-state index is 13.3. The monoisotopic (exact) mass is 446 g/mol. The predicted octanol–water partition coefficient (Wildman–Crippen LogP) is 4.01. The summed E-state index contributed by atoms with van der Waals surface area (Å²) in [6.07, 6.45) is 0. The molecule has 3 aromatic heterocycles. The number of hydrogen-bond acceptors (Lipinski definition) is 6. The molecule has 0 unspecified atom stereocenters. The minimum Gasteiger partial charge on any atom is -0.369 e. The van der Waals surface area contributed by atoms with Crippen LogP contribution in [-0.2, 0) is 7.05 Å². The van der Waals surface area contributed by atoms with Gasteiger partial charge < -0.3 is 15.1 Å². The standard InChI is InChI=1S/C24H26N6OS/c1-16-22-19(15-20(21-5-4-14-32-21)26-23(22)29(3)27-16)24(31)25-17-6-8-18(9-7-17)30-12-10-28(2)11-13-30/h4-9,14-15H,10-13H2,1-3H3,(H,25,31). The number of thiophene rings is 1. The number of carbonyl (C=O) groups is 1. The number of amides is 1. The molecule has 4 aromatic rings. The van der Waals surface area contributed by atoms with Crippen molar-refractivity contribution >= 4 is 39.7 Å². The Balaban J connectivity index is 1.43. The molecule has 0 radical (unpaired) electrons. The minimum atomic E-state index is -0.154. The summed E-state index contributed by atoms with van der Waals surface area (Å²) in [5.41, 5.74) is 4.84. The molecule has 4 heterocycles. The third-order valence-electron chi connectivity index (χ3n) is 5.98. The zero-order chi connectivity index (χ0) is 22.2. The molecule has 1 saturated heterocycles. The molecule has 1 aliphatic rings. The first-order valence-electron chi connectivity index (χ1n) is 10.7. The van der Waals surface area contributed by atoms with E-state index in [9.17, 15) is 4.79 Å². The van der Waals surface area contributed by atoms with Gasteiger partial charge in [0.1, 0.15) is 0 Å². The van der Waals surface area contributed by atoms with Crippen molar-refractivity contribution in [1.29, 1.82) is 0 Å². The van der Waals surface area contributed by atoms with Crippen LogP contribution in [0.4, 0.5) is 11.4 Å². The number of hydrogen-bond donors (Lipinski definition) is 1. The van der Waals surface area contributed by atoms with E-state index in [1.807, 2.05) is 49.7 Å². The molecule has 7 nitrogen and oxygen atoms in total. The molecule has 0 aliphatic carbocycles. The number of nitrogens with zero attached hydrogens (tertiary/aromatic N) is 5. The van der Waals surface area contributed by atoms with Crippen molar-refractivity contribution in [2.45, 2.75) is 6.92 Å².